The highest BCUT2D eigenvalue weighted by Gasteiger charge is 2.13. The van der Waals surface area contributed by atoms with E-state index in [1.165, 1.54) is 20.3 Å². The third-order valence-electron chi connectivity index (χ3n) is 1.99. The van der Waals surface area contributed by atoms with Gasteiger partial charge in [0.2, 0.25) is 0 Å². The van der Waals surface area contributed by atoms with Crippen LogP contribution in [0.1, 0.15) is 26.3 Å². The minimum atomic E-state index is -0.479. The van der Waals surface area contributed by atoms with Gasteiger partial charge in [0.1, 0.15) is 0 Å². The fraction of sp³-hybridized carbons (Fsp3) is 0.273. The average molecular weight is 287 g/mol. The summed E-state index contributed by atoms with van der Waals surface area (Å²) in [6.45, 7) is 0. The van der Waals surface area contributed by atoms with E-state index in [-0.39, 0.29) is 0 Å². The molecule has 4 nitrogen and oxygen atoms in total. The molecule has 0 atom stereocenters. The molecule has 0 saturated carbocycles. The number of carbonyl (C=O) groups excluding carboxylic acids is 2. The van der Waals surface area contributed by atoms with Gasteiger partial charge in [-0.05, 0) is 23.8 Å². The number of hydrogen-bond donors (Lipinski definition) is 0. The van der Waals surface area contributed by atoms with Crippen molar-refractivity contribution in [2.24, 2.45) is 0 Å². The minimum absolute atomic E-state index is 0.333. The summed E-state index contributed by atoms with van der Waals surface area (Å²) >= 11 is 3.26. The molecule has 0 N–H and O–H groups in total. The van der Waals surface area contributed by atoms with E-state index in [1.54, 1.807) is 12.1 Å². The maximum Gasteiger partial charge on any atom is 0.337 e. The lowest BCUT2D eigenvalue weighted by Gasteiger charge is -2.05. The number of benzene rings is 1. The third kappa shape index (κ3) is 2.82. The first-order chi connectivity index (χ1) is 7.62. The monoisotopic (exact) mass is 286 g/mol. The van der Waals surface area contributed by atoms with Crippen molar-refractivity contribution in [2.45, 2.75) is 5.33 Å². The Morgan fingerprint density at radius 2 is 1.50 bits per heavy atom. The number of halogens is 1. The van der Waals surface area contributed by atoms with Gasteiger partial charge < -0.3 is 9.47 Å². The zero-order chi connectivity index (χ0) is 12.1. The Balaban J connectivity index is 3.20. The zero-order valence-corrected chi connectivity index (χ0v) is 10.5. The van der Waals surface area contributed by atoms with Gasteiger partial charge in [-0.3, -0.25) is 0 Å². The lowest BCUT2D eigenvalue weighted by molar-refractivity contribution is 0.0599. The molecule has 0 unspecified atom stereocenters. The molecule has 0 fully saturated rings. The van der Waals surface area contributed by atoms with E-state index in [2.05, 4.69) is 25.4 Å². The predicted molar refractivity (Wildman–Crippen MR) is 61.8 cm³/mol. The second kappa shape index (κ2) is 5.65. The highest BCUT2D eigenvalue weighted by Crippen LogP contribution is 2.15. The molecule has 5 heteroatoms. The molecule has 16 heavy (non-hydrogen) atoms. The highest BCUT2D eigenvalue weighted by atomic mass is 79.9. The second-order valence-electron chi connectivity index (χ2n) is 3.04. The lowest BCUT2D eigenvalue weighted by Crippen LogP contribution is -2.07. The molecule has 1 rings (SSSR count). The van der Waals surface area contributed by atoms with Gasteiger partial charge in [-0.15, -0.1) is 0 Å². The van der Waals surface area contributed by atoms with Crippen molar-refractivity contribution < 1.29 is 19.1 Å². The van der Waals surface area contributed by atoms with Crippen LogP contribution >= 0.6 is 15.9 Å². The molecule has 0 spiro atoms. The van der Waals surface area contributed by atoms with Gasteiger partial charge in [0.25, 0.3) is 0 Å². The van der Waals surface area contributed by atoms with E-state index in [4.69, 9.17) is 0 Å². The van der Waals surface area contributed by atoms with Crippen LogP contribution in [0.25, 0.3) is 0 Å². The highest BCUT2D eigenvalue weighted by molar-refractivity contribution is 9.08. The van der Waals surface area contributed by atoms with Gasteiger partial charge in [0.05, 0.1) is 25.3 Å². The summed E-state index contributed by atoms with van der Waals surface area (Å²) in [6, 6.07) is 4.77. The number of methoxy groups -OCH3 is 2. The van der Waals surface area contributed by atoms with Gasteiger partial charge in [0.15, 0.2) is 0 Å². The van der Waals surface area contributed by atoms with Crippen LogP contribution < -0.4 is 0 Å². The van der Waals surface area contributed by atoms with Crippen molar-refractivity contribution in [3.05, 3.63) is 34.9 Å². The van der Waals surface area contributed by atoms with Gasteiger partial charge in [-0.1, -0.05) is 15.9 Å². The fourth-order valence-corrected chi connectivity index (χ4v) is 1.56. The van der Waals surface area contributed by atoms with Crippen molar-refractivity contribution in [2.75, 3.05) is 14.2 Å². The minimum Gasteiger partial charge on any atom is -0.465 e. The van der Waals surface area contributed by atoms with E-state index >= 15 is 0 Å². The summed E-state index contributed by atoms with van der Waals surface area (Å²) in [4.78, 5) is 22.7. The Bertz CT molecular complexity index is 380. The molecule has 86 valence electrons. The molecule has 0 aromatic heterocycles. The van der Waals surface area contributed by atoms with Crippen LogP contribution in [0.5, 0.6) is 0 Å². The number of rotatable bonds is 3. The summed E-state index contributed by atoms with van der Waals surface area (Å²) in [7, 11) is 2.59. The number of carbonyl (C=O) groups is 2. The van der Waals surface area contributed by atoms with Crippen LogP contribution in [0.15, 0.2) is 18.2 Å². The Labute approximate surface area is 102 Å². The Kier molecular flexibility index (Phi) is 4.49. The summed E-state index contributed by atoms with van der Waals surface area (Å²) < 4.78 is 9.20. The molecule has 0 saturated heterocycles. The molecular formula is C11H11BrO4. The van der Waals surface area contributed by atoms with Gasteiger partial charge in [-0.25, -0.2) is 9.59 Å². The van der Waals surface area contributed by atoms with Gasteiger partial charge in [-0.2, -0.15) is 0 Å². The van der Waals surface area contributed by atoms with Crippen molar-refractivity contribution in [3.8, 4) is 0 Å². The quantitative estimate of drug-likeness (QED) is 0.631. The first-order valence-corrected chi connectivity index (χ1v) is 5.61. The summed E-state index contributed by atoms with van der Waals surface area (Å²) in [5, 5.41) is 0.543. The lowest BCUT2D eigenvalue weighted by atomic mass is 10.1. The Hall–Kier alpha value is -1.36. The predicted octanol–water partition coefficient (Wildman–Crippen LogP) is 2.15. The number of ether oxygens (including phenoxy) is 2. The van der Waals surface area contributed by atoms with E-state index in [0.717, 1.165) is 5.56 Å². The van der Waals surface area contributed by atoms with Crippen molar-refractivity contribution in [3.63, 3.8) is 0 Å². The zero-order valence-electron chi connectivity index (χ0n) is 8.95. The summed E-state index contributed by atoms with van der Waals surface area (Å²) in [5.74, 6) is -0.957. The maximum atomic E-state index is 11.4. The molecule has 0 bridgehead atoms. The van der Waals surface area contributed by atoms with E-state index < -0.39 is 11.9 Å². The second-order valence-corrected chi connectivity index (χ2v) is 3.60. The number of esters is 2. The third-order valence-corrected chi connectivity index (χ3v) is 2.64. The summed E-state index contributed by atoms with van der Waals surface area (Å²) in [5.41, 5.74) is 1.48. The maximum absolute atomic E-state index is 11.4. The first kappa shape index (κ1) is 12.7. The molecule has 0 aliphatic carbocycles. The van der Waals surface area contributed by atoms with Crippen LogP contribution in [-0.4, -0.2) is 26.2 Å². The Morgan fingerprint density at radius 1 is 1.06 bits per heavy atom. The topological polar surface area (TPSA) is 52.6 Å². The molecule has 0 aliphatic heterocycles. The van der Waals surface area contributed by atoms with Crippen LogP contribution in [0.4, 0.5) is 0 Å². The molecular weight excluding hydrogens is 276 g/mol. The smallest absolute Gasteiger partial charge is 0.337 e. The van der Waals surface area contributed by atoms with Gasteiger partial charge >= 0.3 is 11.9 Å². The largest absolute Gasteiger partial charge is 0.465 e. The van der Waals surface area contributed by atoms with Crippen molar-refractivity contribution in [1.82, 2.24) is 0 Å². The standard InChI is InChI=1S/C11H11BrO4/c1-15-10(13)8-3-7(6-12)4-9(5-8)11(14)16-2/h3-5H,6H2,1-2H3. The normalized spacial score (nSPS) is 9.69. The average Bonchev–Trinajstić information content (AvgIpc) is 2.35. The van der Waals surface area contributed by atoms with Gasteiger partial charge in [0, 0.05) is 5.33 Å². The van der Waals surface area contributed by atoms with E-state index in [9.17, 15) is 9.59 Å². The molecule has 0 amide bonds. The fourth-order valence-electron chi connectivity index (χ4n) is 1.24. The van der Waals surface area contributed by atoms with Crippen LogP contribution in [0, 0.1) is 0 Å². The Morgan fingerprint density at radius 3 is 1.81 bits per heavy atom. The van der Waals surface area contributed by atoms with Crippen LogP contribution in [-0.2, 0) is 14.8 Å². The van der Waals surface area contributed by atoms with Crippen molar-refractivity contribution >= 4 is 27.9 Å². The van der Waals surface area contributed by atoms with Crippen LogP contribution in [0.3, 0.4) is 0 Å². The first-order valence-electron chi connectivity index (χ1n) is 4.49. The van der Waals surface area contributed by atoms with Crippen molar-refractivity contribution in [1.29, 1.82) is 0 Å². The van der Waals surface area contributed by atoms with Crippen LogP contribution in [0.2, 0.25) is 0 Å². The van der Waals surface area contributed by atoms with E-state index in [1.807, 2.05) is 0 Å². The SMILES string of the molecule is COC(=O)c1cc(CBr)cc(C(=O)OC)c1. The van der Waals surface area contributed by atoms with E-state index in [0.29, 0.717) is 16.5 Å². The number of hydrogen-bond acceptors (Lipinski definition) is 4. The number of alkyl halides is 1. The summed E-state index contributed by atoms with van der Waals surface area (Å²) in [6.07, 6.45) is 0. The molecule has 0 heterocycles. The molecule has 0 radical (unpaired) electrons. The molecule has 1 aromatic rings. The molecule has 1 aromatic carbocycles. The molecule has 0 aliphatic rings.